The van der Waals surface area contributed by atoms with Gasteiger partial charge in [-0.15, -0.1) is 0 Å². The standard InChI is InChI=1S/C22H20ClNO2/c1-26-22(25)20-13-19(16-7-9-17(23)10-8-16)18-11-12-24(21(18)20)14-15-5-3-2-4-6-15/h2-10H,11-14H2,1H3. The van der Waals surface area contributed by atoms with Crippen LogP contribution in [0.15, 0.2) is 71.4 Å². The van der Waals surface area contributed by atoms with Gasteiger partial charge in [-0.1, -0.05) is 54.1 Å². The number of methoxy groups -OCH3 is 1. The number of benzene rings is 2. The number of hydrogen-bond donors (Lipinski definition) is 0. The number of halogens is 1. The minimum atomic E-state index is -0.235. The zero-order valence-electron chi connectivity index (χ0n) is 14.7. The summed E-state index contributed by atoms with van der Waals surface area (Å²) in [4.78, 5) is 14.7. The lowest BCUT2D eigenvalue weighted by Gasteiger charge is -2.21. The summed E-state index contributed by atoms with van der Waals surface area (Å²) in [6, 6.07) is 18.2. The van der Waals surface area contributed by atoms with E-state index in [9.17, 15) is 4.79 Å². The van der Waals surface area contributed by atoms with E-state index >= 15 is 0 Å². The summed E-state index contributed by atoms with van der Waals surface area (Å²) in [6.45, 7) is 1.71. The Labute approximate surface area is 158 Å². The second kappa shape index (κ2) is 7.00. The molecule has 132 valence electrons. The predicted molar refractivity (Wildman–Crippen MR) is 104 cm³/mol. The number of carbonyl (C=O) groups excluding carboxylic acids is 1. The third-order valence-electron chi connectivity index (χ3n) is 5.08. The van der Waals surface area contributed by atoms with Crippen LogP contribution in [0.25, 0.3) is 5.57 Å². The lowest BCUT2D eigenvalue weighted by Crippen LogP contribution is -2.20. The van der Waals surface area contributed by atoms with E-state index in [0.29, 0.717) is 6.42 Å². The molecule has 0 atom stereocenters. The molecule has 4 rings (SSSR count). The molecule has 1 aliphatic heterocycles. The minimum Gasteiger partial charge on any atom is -0.466 e. The zero-order chi connectivity index (χ0) is 18.1. The fraction of sp³-hybridized carbons (Fsp3) is 0.227. The SMILES string of the molecule is COC(=O)C1=C2C(=C(c3ccc(Cl)cc3)C1)CCN2Cc1ccccc1. The number of hydrogen-bond acceptors (Lipinski definition) is 3. The molecule has 1 fully saturated rings. The van der Waals surface area contributed by atoms with Crippen LogP contribution >= 0.6 is 11.6 Å². The Balaban J connectivity index is 1.72. The highest BCUT2D eigenvalue weighted by Crippen LogP contribution is 2.46. The average Bonchev–Trinajstić information content (AvgIpc) is 3.24. The van der Waals surface area contributed by atoms with Crippen molar-refractivity contribution in [2.75, 3.05) is 13.7 Å². The summed E-state index contributed by atoms with van der Waals surface area (Å²) >= 11 is 6.04. The molecule has 1 aliphatic carbocycles. The van der Waals surface area contributed by atoms with Gasteiger partial charge in [-0.2, -0.15) is 0 Å². The quantitative estimate of drug-likeness (QED) is 0.727. The van der Waals surface area contributed by atoms with E-state index < -0.39 is 0 Å². The highest BCUT2D eigenvalue weighted by atomic mass is 35.5. The fourth-order valence-electron chi connectivity index (χ4n) is 3.88. The first-order valence-electron chi connectivity index (χ1n) is 8.76. The van der Waals surface area contributed by atoms with Crippen molar-refractivity contribution in [3.05, 3.63) is 87.6 Å². The molecule has 0 bridgehead atoms. The molecule has 0 N–H and O–H groups in total. The van der Waals surface area contributed by atoms with Crippen LogP contribution in [-0.2, 0) is 16.1 Å². The van der Waals surface area contributed by atoms with E-state index in [2.05, 4.69) is 17.0 Å². The number of carbonyl (C=O) groups is 1. The number of fused-ring (bicyclic) bond motifs is 1. The van der Waals surface area contributed by atoms with E-state index in [-0.39, 0.29) is 5.97 Å². The summed E-state index contributed by atoms with van der Waals surface area (Å²) in [7, 11) is 1.45. The summed E-state index contributed by atoms with van der Waals surface area (Å²) in [5, 5.41) is 0.718. The summed E-state index contributed by atoms with van der Waals surface area (Å²) in [5.74, 6) is -0.235. The Morgan fingerprint density at radius 2 is 1.81 bits per heavy atom. The number of esters is 1. The van der Waals surface area contributed by atoms with Crippen molar-refractivity contribution in [2.45, 2.75) is 19.4 Å². The first-order chi connectivity index (χ1) is 12.7. The van der Waals surface area contributed by atoms with Crippen LogP contribution in [-0.4, -0.2) is 24.5 Å². The van der Waals surface area contributed by atoms with Crippen LogP contribution in [0.3, 0.4) is 0 Å². The molecule has 0 amide bonds. The van der Waals surface area contributed by atoms with Crippen LogP contribution in [0, 0.1) is 0 Å². The Hall–Kier alpha value is -2.52. The van der Waals surface area contributed by atoms with Crippen molar-refractivity contribution in [1.29, 1.82) is 0 Å². The second-order valence-electron chi connectivity index (χ2n) is 6.62. The van der Waals surface area contributed by atoms with E-state index in [1.807, 2.05) is 42.5 Å². The fourth-order valence-corrected chi connectivity index (χ4v) is 4.01. The second-order valence-corrected chi connectivity index (χ2v) is 7.05. The third-order valence-corrected chi connectivity index (χ3v) is 5.33. The molecule has 0 aromatic heterocycles. The summed E-state index contributed by atoms with van der Waals surface area (Å²) in [6.07, 6.45) is 1.56. The van der Waals surface area contributed by atoms with Crippen molar-refractivity contribution in [3.8, 4) is 0 Å². The number of likely N-dealkylation sites (tertiary alicyclic amines) is 1. The van der Waals surface area contributed by atoms with Gasteiger partial charge in [0, 0.05) is 24.5 Å². The van der Waals surface area contributed by atoms with E-state index in [1.165, 1.54) is 23.8 Å². The predicted octanol–water partition coefficient (Wildman–Crippen LogP) is 4.83. The van der Waals surface area contributed by atoms with Crippen LogP contribution in [0.2, 0.25) is 5.02 Å². The molecule has 26 heavy (non-hydrogen) atoms. The maximum atomic E-state index is 12.4. The van der Waals surface area contributed by atoms with E-state index in [0.717, 1.165) is 41.4 Å². The first kappa shape index (κ1) is 16.9. The van der Waals surface area contributed by atoms with Gasteiger partial charge in [-0.25, -0.2) is 4.79 Å². The van der Waals surface area contributed by atoms with Crippen LogP contribution in [0.4, 0.5) is 0 Å². The summed E-state index contributed by atoms with van der Waals surface area (Å²) < 4.78 is 5.07. The van der Waals surface area contributed by atoms with Gasteiger partial charge in [0.25, 0.3) is 0 Å². The monoisotopic (exact) mass is 365 g/mol. The molecule has 0 unspecified atom stereocenters. The third kappa shape index (κ3) is 3.04. The van der Waals surface area contributed by atoms with Gasteiger partial charge in [0.15, 0.2) is 0 Å². The Morgan fingerprint density at radius 3 is 2.50 bits per heavy atom. The van der Waals surface area contributed by atoms with Crippen molar-refractivity contribution in [2.24, 2.45) is 0 Å². The van der Waals surface area contributed by atoms with E-state index in [4.69, 9.17) is 16.3 Å². The number of allylic oxidation sites excluding steroid dienone is 2. The van der Waals surface area contributed by atoms with Crippen molar-refractivity contribution < 1.29 is 9.53 Å². The molecule has 4 heteroatoms. The molecule has 0 saturated carbocycles. The Morgan fingerprint density at radius 1 is 1.08 bits per heavy atom. The largest absolute Gasteiger partial charge is 0.466 e. The number of ether oxygens (including phenoxy) is 1. The lowest BCUT2D eigenvalue weighted by molar-refractivity contribution is -0.136. The molecular weight excluding hydrogens is 346 g/mol. The van der Waals surface area contributed by atoms with Gasteiger partial charge < -0.3 is 9.64 Å². The summed E-state index contributed by atoms with van der Waals surface area (Å²) in [5.41, 5.74) is 6.68. The molecule has 2 aromatic rings. The van der Waals surface area contributed by atoms with Crippen LogP contribution in [0.5, 0.6) is 0 Å². The number of rotatable bonds is 4. The van der Waals surface area contributed by atoms with E-state index in [1.54, 1.807) is 0 Å². The maximum Gasteiger partial charge on any atom is 0.336 e. The minimum absolute atomic E-state index is 0.235. The van der Waals surface area contributed by atoms with Crippen molar-refractivity contribution in [3.63, 3.8) is 0 Å². The van der Waals surface area contributed by atoms with Crippen molar-refractivity contribution in [1.82, 2.24) is 4.90 Å². The normalized spacial score (nSPS) is 16.3. The molecule has 1 heterocycles. The molecular formula is C22H20ClNO2. The molecule has 2 aliphatic rings. The van der Waals surface area contributed by atoms with Gasteiger partial charge in [0.05, 0.1) is 18.4 Å². The number of nitrogens with zero attached hydrogens (tertiary/aromatic N) is 1. The average molecular weight is 366 g/mol. The lowest BCUT2D eigenvalue weighted by atomic mass is 9.99. The maximum absolute atomic E-state index is 12.4. The first-order valence-corrected chi connectivity index (χ1v) is 9.14. The van der Waals surface area contributed by atoms with Crippen LogP contribution in [0.1, 0.15) is 24.0 Å². The van der Waals surface area contributed by atoms with Crippen LogP contribution < -0.4 is 0 Å². The molecule has 3 nitrogen and oxygen atoms in total. The van der Waals surface area contributed by atoms with Gasteiger partial charge in [-0.05, 0) is 40.8 Å². The highest BCUT2D eigenvalue weighted by molar-refractivity contribution is 6.30. The Kier molecular flexibility index (Phi) is 4.56. The van der Waals surface area contributed by atoms with Gasteiger partial charge in [-0.3, -0.25) is 0 Å². The Bertz CT molecular complexity index is 897. The molecule has 2 aromatic carbocycles. The topological polar surface area (TPSA) is 29.5 Å². The van der Waals surface area contributed by atoms with Crippen molar-refractivity contribution >= 4 is 23.1 Å². The van der Waals surface area contributed by atoms with Gasteiger partial charge in [0.1, 0.15) is 0 Å². The van der Waals surface area contributed by atoms with Gasteiger partial charge in [0.2, 0.25) is 0 Å². The highest BCUT2D eigenvalue weighted by Gasteiger charge is 2.36. The molecule has 0 radical (unpaired) electrons. The molecule has 0 spiro atoms. The van der Waals surface area contributed by atoms with Gasteiger partial charge >= 0.3 is 5.97 Å². The zero-order valence-corrected chi connectivity index (χ0v) is 15.4. The molecule has 1 saturated heterocycles. The smallest absolute Gasteiger partial charge is 0.336 e.